The van der Waals surface area contributed by atoms with Crippen LogP contribution in [0.25, 0.3) is 0 Å². The molecule has 1 rings (SSSR count). The number of hydrogen-bond donors (Lipinski definition) is 3. The maximum absolute atomic E-state index is 12.0. The van der Waals surface area contributed by atoms with Crippen molar-refractivity contribution < 1.29 is 14.6 Å². The predicted octanol–water partition coefficient (Wildman–Crippen LogP) is 2.22. The zero-order chi connectivity index (χ0) is 15.9. The van der Waals surface area contributed by atoms with E-state index in [0.29, 0.717) is 6.42 Å². The van der Waals surface area contributed by atoms with Crippen molar-refractivity contribution >= 4 is 6.03 Å². The summed E-state index contributed by atoms with van der Waals surface area (Å²) < 4.78 is 5.35. The van der Waals surface area contributed by atoms with E-state index in [1.807, 2.05) is 51.1 Å². The molecule has 3 N–H and O–H groups in total. The number of rotatable bonds is 7. The van der Waals surface area contributed by atoms with Crippen LogP contribution in [-0.2, 0) is 4.74 Å². The highest BCUT2D eigenvalue weighted by atomic mass is 16.5. The first-order chi connectivity index (χ1) is 9.88. The molecule has 21 heavy (non-hydrogen) atoms. The fourth-order valence-corrected chi connectivity index (χ4v) is 2.22. The zero-order valence-corrected chi connectivity index (χ0v) is 13.2. The molecule has 0 aliphatic carbocycles. The summed E-state index contributed by atoms with van der Waals surface area (Å²) in [5.41, 5.74) is 0.586. The molecule has 0 saturated carbocycles. The predicted molar refractivity (Wildman–Crippen MR) is 83.1 cm³/mol. The minimum absolute atomic E-state index is 0.0323. The van der Waals surface area contributed by atoms with Crippen molar-refractivity contribution in [3.8, 4) is 0 Å². The van der Waals surface area contributed by atoms with Crippen LogP contribution >= 0.6 is 0 Å². The monoisotopic (exact) mass is 294 g/mol. The minimum Gasteiger partial charge on any atom is -0.394 e. The van der Waals surface area contributed by atoms with E-state index in [4.69, 9.17) is 4.74 Å². The third kappa shape index (κ3) is 6.14. The SMILES string of the molecule is COC(C)(C)CC(C)NC(=O)N[C@H](CO)c1ccccc1. The number of aliphatic hydroxyl groups excluding tert-OH is 1. The standard InChI is InChI=1S/C16H26N2O3/c1-12(10-16(2,3)21-4)17-15(20)18-14(11-19)13-8-6-5-7-9-13/h5-9,12,14,19H,10-11H2,1-4H3,(H2,17,18,20)/t12?,14-/m1/s1. The van der Waals surface area contributed by atoms with E-state index in [9.17, 15) is 9.90 Å². The molecule has 1 aromatic rings. The number of methoxy groups -OCH3 is 1. The van der Waals surface area contributed by atoms with Crippen molar-refractivity contribution in [1.29, 1.82) is 0 Å². The Kier molecular flexibility index (Phi) is 6.65. The second-order valence-corrected chi connectivity index (χ2v) is 5.83. The lowest BCUT2D eigenvalue weighted by molar-refractivity contribution is 0.00946. The Morgan fingerprint density at radius 2 is 1.90 bits per heavy atom. The molecule has 0 saturated heterocycles. The van der Waals surface area contributed by atoms with Crippen LogP contribution in [0.3, 0.4) is 0 Å². The number of benzene rings is 1. The summed E-state index contributed by atoms with van der Waals surface area (Å²) in [6.45, 7) is 5.74. The second-order valence-electron chi connectivity index (χ2n) is 5.83. The Balaban J connectivity index is 2.52. The minimum atomic E-state index is -0.408. The lowest BCUT2D eigenvalue weighted by Crippen LogP contribution is -2.45. The molecule has 5 nitrogen and oxygen atoms in total. The number of aliphatic hydroxyl groups is 1. The van der Waals surface area contributed by atoms with Gasteiger partial charge in [-0.05, 0) is 32.8 Å². The van der Waals surface area contributed by atoms with Gasteiger partial charge < -0.3 is 20.5 Å². The van der Waals surface area contributed by atoms with Gasteiger partial charge in [-0.25, -0.2) is 4.79 Å². The van der Waals surface area contributed by atoms with E-state index >= 15 is 0 Å². The highest BCUT2D eigenvalue weighted by Gasteiger charge is 2.22. The average Bonchev–Trinajstić information content (AvgIpc) is 2.45. The van der Waals surface area contributed by atoms with Gasteiger partial charge in [-0.3, -0.25) is 0 Å². The molecule has 0 aromatic heterocycles. The molecule has 0 spiro atoms. The summed E-state index contributed by atoms with van der Waals surface area (Å²) in [6, 6.07) is 8.66. The number of amides is 2. The van der Waals surface area contributed by atoms with Crippen molar-refractivity contribution in [2.24, 2.45) is 0 Å². The van der Waals surface area contributed by atoms with Crippen molar-refractivity contribution in [2.75, 3.05) is 13.7 Å². The Labute approximate surface area is 126 Å². The van der Waals surface area contributed by atoms with Gasteiger partial charge >= 0.3 is 6.03 Å². The topological polar surface area (TPSA) is 70.6 Å². The Hall–Kier alpha value is -1.59. The van der Waals surface area contributed by atoms with Crippen LogP contribution in [0.1, 0.15) is 38.8 Å². The van der Waals surface area contributed by atoms with Gasteiger partial charge in [0.2, 0.25) is 0 Å². The lowest BCUT2D eigenvalue weighted by Gasteiger charge is -2.27. The van der Waals surface area contributed by atoms with Crippen LogP contribution < -0.4 is 10.6 Å². The first kappa shape index (κ1) is 17.5. The van der Waals surface area contributed by atoms with Gasteiger partial charge in [0.1, 0.15) is 0 Å². The van der Waals surface area contributed by atoms with Crippen LogP contribution in [0.4, 0.5) is 4.79 Å². The van der Waals surface area contributed by atoms with Crippen molar-refractivity contribution in [3.05, 3.63) is 35.9 Å². The van der Waals surface area contributed by atoms with Crippen LogP contribution in [0.2, 0.25) is 0 Å². The lowest BCUT2D eigenvalue weighted by atomic mass is 10.00. The molecule has 0 heterocycles. The molecule has 1 aromatic carbocycles. The van der Waals surface area contributed by atoms with Gasteiger partial charge in [-0.2, -0.15) is 0 Å². The average molecular weight is 294 g/mol. The smallest absolute Gasteiger partial charge is 0.315 e. The molecule has 5 heteroatoms. The highest BCUT2D eigenvalue weighted by Crippen LogP contribution is 2.15. The van der Waals surface area contributed by atoms with Gasteiger partial charge in [0.05, 0.1) is 18.2 Å². The first-order valence-corrected chi connectivity index (χ1v) is 7.16. The van der Waals surface area contributed by atoms with E-state index in [1.54, 1.807) is 7.11 Å². The Bertz CT molecular complexity index is 434. The van der Waals surface area contributed by atoms with E-state index in [0.717, 1.165) is 5.56 Å². The summed E-state index contributed by atoms with van der Waals surface area (Å²) in [5.74, 6) is 0. The Morgan fingerprint density at radius 3 is 2.43 bits per heavy atom. The molecule has 2 atom stereocenters. The third-order valence-electron chi connectivity index (χ3n) is 3.42. The van der Waals surface area contributed by atoms with E-state index < -0.39 is 6.04 Å². The summed E-state index contributed by atoms with van der Waals surface area (Å²) >= 11 is 0. The van der Waals surface area contributed by atoms with Crippen molar-refractivity contribution in [2.45, 2.75) is 44.9 Å². The number of carbonyl (C=O) groups excluding carboxylic acids is 1. The number of hydrogen-bond acceptors (Lipinski definition) is 3. The fraction of sp³-hybridized carbons (Fsp3) is 0.562. The molecular weight excluding hydrogens is 268 g/mol. The molecule has 0 aliphatic heterocycles. The highest BCUT2D eigenvalue weighted by molar-refractivity contribution is 5.74. The molecule has 0 radical (unpaired) electrons. The van der Waals surface area contributed by atoms with E-state index in [1.165, 1.54) is 0 Å². The summed E-state index contributed by atoms with van der Waals surface area (Å²) in [5, 5.41) is 15.1. The maximum atomic E-state index is 12.0. The van der Waals surface area contributed by atoms with E-state index in [2.05, 4.69) is 10.6 Å². The number of nitrogens with one attached hydrogen (secondary N) is 2. The van der Waals surface area contributed by atoms with Crippen LogP contribution in [0, 0.1) is 0 Å². The number of carbonyl (C=O) groups is 1. The molecule has 118 valence electrons. The van der Waals surface area contributed by atoms with Gasteiger partial charge in [-0.15, -0.1) is 0 Å². The van der Waals surface area contributed by atoms with E-state index in [-0.39, 0.29) is 24.3 Å². The molecule has 1 unspecified atom stereocenters. The zero-order valence-electron chi connectivity index (χ0n) is 13.2. The first-order valence-electron chi connectivity index (χ1n) is 7.16. The quantitative estimate of drug-likeness (QED) is 0.722. The normalized spacial score (nSPS) is 14.3. The molecule has 0 bridgehead atoms. The summed E-state index contributed by atoms with van der Waals surface area (Å²) in [7, 11) is 1.66. The number of ether oxygens (including phenoxy) is 1. The van der Waals surface area contributed by atoms with Crippen molar-refractivity contribution in [1.82, 2.24) is 10.6 Å². The van der Waals surface area contributed by atoms with Crippen LogP contribution in [0.15, 0.2) is 30.3 Å². The molecular formula is C16H26N2O3. The van der Waals surface area contributed by atoms with Gasteiger partial charge in [-0.1, -0.05) is 30.3 Å². The third-order valence-corrected chi connectivity index (χ3v) is 3.42. The maximum Gasteiger partial charge on any atom is 0.315 e. The van der Waals surface area contributed by atoms with Crippen LogP contribution in [0.5, 0.6) is 0 Å². The largest absolute Gasteiger partial charge is 0.394 e. The molecule has 2 amide bonds. The van der Waals surface area contributed by atoms with Gasteiger partial charge in [0.15, 0.2) is 0 Å². The fourth-order valence-electron chi connectivity index (χ4n) is 2.22. The molecule has 0 fully saturated rings. The molecule has 0 aliphatic rings. The second kappa shape index (κ2) is 8.00. The van der Waals surface area contributed by atoms with Gasteiger partial charge in [0, 0.05) is 13.2 Å². The van der Waals surface area contributed by atoms with Gasteiger partial charge in [0.25, 0.3) is 0 Å². The summed E-state index contributed by atoms with van der Waals surface area (Å²) in [4.78, 5) is 12.0. The van der Waals surface area contributed by atoms with Crippen molar-refractivity contribution in [3.63, 3.8) is 0 Å². The number of urea groups is 1. The van der Waals surface area contributed by atoms with Crippen LogP contribution in [-0.4, -0.2) is 36.5 Å². The Morgan fingerprint density at radius 1 is 1.29 bits per heavy atom. The summed E-state index contributed by atoms with van der Waals surface area (Å²) in [6.07, 6.45) is 0.700.